The predicted octanol–water partition coefficient (Wildman–Crippen LogP) is 2.65. The fraction of sp³-hybridized carbons (Fsp3) is 0.286. The molecule has 0 atom stereocenters. The van der Waals surface area contributed by atoms with Gasteiger partial charge in [0.15, 0.2) is 17.3 Å². The first kappa shape index (κ1) is 15.8. The monoisotopic (exact) mass is 401 g/mol. The molecular formula is C14H16IN3O3. The summed E-state index contributed by atoms with van der Waals surface area (Å²) < 4.78 is 11.2. The van der Waals surface area contributed by atoms with Gasteiger partial charge in [0.25, 0.3) is 0 Å². The van der Waals surface area contributed by atoms with E-state index in [1.165, 1.54) is 7.11 Å². The van der Waals surface area contributed by atoms with Crippen LogP contribution in [-0.4, -0.2) is 36.3 Å². The average Bonchev–Trinajstić information content (AvgIpc) is 2.50. The van der Waals surface area contributed by atoms with E-state index in [1.807, 2.05) is 7.05 Å². The van der Waals surface area contributed by atoms with Gasteiger partial charge in [0, 0.05) is 19.7 Å². The van der Waals surface area contributed by atoms with E-state index >= 15 is 0 Å². The first-order valence-corrected chi connectivity index (χ1v) is 7.29. The second-order valence-corrected chi connectivity index (χ2v) is 5.30. The molecule has 1 aromatic carbocycles. The molecule has 6 nitrogen and oxygen atoms in total. The summed E-state index contributed by atoms with van der Waals surface area (Å²) in [6.45, 7) is 0.400. The van der Waals surface area contributed by atoms with Gasteiger partial charge in [0.2, 0.25) is 0 Å². The molecule has 2 rings (SSSR count). The molecule has 0 saturated carbocycles. The fourth-order valence-corrected chi connectivity index (χ4v) is 2.50. The van der Waals surface area contributed by atoms with Gasteiger partial charge >= 0.3 is 0 Å². The highest BCUT2D eigenvalue weighted by Crippen LogP contribution is 2.31. The highest BCUT2D eigenvalue weighted by atomic mass is 127. The molecule has 0 amide bonds. The number of nitrogens with one attached hydrogen (secondary N) is 1. The molecule has 0 unspecified atom stereocenters. The number of hydrogen-bond donors (Lipinski definition) is 2. The molecule has 0 aliphatic rings. The number of anilines is 1. The number of ether oxygens (including phenoxy) is 2. The maximum absolute atomic E-state index is 9.67. The molecule has 0 fully saturated rings. The maximum atomic E-state index is 9.67. The van der Waals surface area contributed by atoms with Crippen molar-refractivity contribution in [3.05, 3.63) is 27.5 Å². The summed E-state index contributed by atoms with van der Waals surface area (Å²) in [5.41, 5.74) is 1.56. The smallest absolute Gasteiger partial charge is 0.162 e. The number of nitrogens with zero attached hydrogens (tertiary/aromatic N) is 2. The van der Waals surface area contributed by atoms with Crippen molar-refractivity contribution in [2.45, 2.75) is 6.61 Å². The molecule has 2 aromatic rings. The standard InChI is InChI=1S/C14H16IN3O3/c1-16-14-12(15)9(7-20-2)17-13(18-14)8-4-5-10(19)11(6-8)21-3/h4-6,19H,7H2,1-3H3,(H,16,17,18). The Balaban J connectivity index is 2.55. The maximum Gasteiger partial charge on any atom is 0.162 e. The van der Waals surface area contributed by atoms with Crippen LogP contribution >= 0.6 is 22.6 Å². The number of hydrogen-bond acceptors (Lipinski definition) is 6. The van der Waals surface area contributed by atoms with Crippen LogP contribution in [-0.2, 0) is 11.3 Å². The molecule has 0 aliphatic heterocycles. The van der Waals surface area contributed by atoms with Crippen LogP contribution in [0.15, 0.2) is 18.2 Å². The third kappa shape index (κ3) is 3.35. The van der Waals surface area contributed by atoms with Gasteiger partial charge < -0.3 is 19.9 Å². The van der Waals surface area contributed by atoms with Gasteiger partial charge in [-0.2, -0.15) is 0 Å². The SMILES string of the molecule is CNc1nc(-c2ccc(O)c(OC)c2)nc(COC)c1I. The number of methoxy groups -OCH3 is 2. The van der Waals surface area contributed by atoms with E-state index < -0.39 is 0 Å². The number of benzene rings is 1. The molecule has 1 heterocycles. The number of phenolic OH excluding ortho intramolecular Hbond substituents is 1. The second kappa shape index (κ2) is 6.90. The quantitative estimate of drug-likeness (QED) is 0.751. The molecule has 2 N–H and O–H groups in total. The van der Waals surface area contributed by atoms with Crippen molar-refractivity contribution in [1.82, 2.24) is 9.97 Å². The van der Waals surface area contributed by atoms with Crippen LogP contribution in [0, 0.1) is 3.57 Å². The van der Waals surface area contributed by atoms with Crippen molar-refractivity contribution >= 4 is 28.4 Å². The van der Waals surface area contributed by atoms with Gasteiger partial charge in [-0.1, -0.05) is 0 Å². The highest BCUT2D eigenvalue weighted by Gasteiger charge is 2.14. The second-order valence-electron chi connectivity index (χ2n) is 4.23. The van der Waals surface area contributed by atoms with Crippen molar-refractivity contribution in [2.75, 3.05) is 26.6 Å². The topological polar surface area (TPSA) is 76.5 Å². The molecule has 0 spiro atoms. The Kier molecular flexibility index (Phi) is 5.18. The molecule has 0 radical (unpaired) electrons. The summed E-state index contributed by atoms with van der Waals surface area (Å²) in [6.07, 6.45) is 0. The van der Waals surface area contributed by atoms with Gasteiger partial charge in [0.1, 0.15) is 5.82 Å². The van der Waals surface area contributed by atoms with Crippen LogP contribution in [0.1, 0.15) is 5.69 Å². The summed E-state index contributed by atoms with van der Waals surface area (Å²) in [5, 5.41) is 12.7. The minimum Gasteiger partial charge on any atom is -0.504 e. The van der Waals surface area contributed by atoms with E-state index in [-0.39, 0.29) is 5.75 Å². The van der Waals surface area contributed by atoms with Gasteiger partial charge in [-0.05, 0) is 40.8 Å². The van der Waals surface area contributed by atoms with Crippen LogP contribution in [0.3, 0.4) is 0 Å². The summed E-state index contributed by atoms with van der Waals surface area (Å²) in [7, 11) is 4.94. The lowest BCUT2D eigenvalue weighted by atomic mass is 10.2. The minimum absolute atomic E-state index is 0.0812. The Bertz CT molecular complexity index is 650. The number of halogens is 1. The zero-order chi connectivity index (χ0) is 15.4. The number of aromatic nitrogens is 2. The van der Waals surface area contributed by atoms with Gasteiger partial charge in [0.05, 0.1) is 23.0 Å². The summed E-state index contributed by atoms with van der Waals surface area (Å²) >= 11 is 2.19. The molecular weight excluding hydrogens is 385 g/mol. The average molecular weight is 401 g/mol. The van der Waals surface area contributed by atoms with Crippen molar-refractivity contribution in [3.63, 3.8) is 0 Å². The Hall–Kier alpha value is -1.61. The van der Waals surface area contributed by atoms with Crippen molar-refractivity contribution < 1.29 is 14.6 Å². The Morgan fingerprint density at radius 1 is 1.29 bits per heavy atom. The molecule has 0 bridgehead atoms. The number of phenols is 1. The van der Waals surface area contributed by atoms with E-state index in [2.05, 4.69) is 37.9 Å². The number of rotatable bonds is 5. The van der Waals surface area contributed by atoms with Crippen LogP contribution in [0.5, 0.6) is 11.5 Å². The van der Waals surface area contributed by atoms with Crippen LogP contribution in [0.25, 0.3) is 11.4 Å². The zero-order valence-corrected chi connectivity index (χ0v) is 14.1. The Morgan fingerprint density at radius 2 is 2.05 bits per heavy atom. The molecule has 7 heteroatoms. The molecule has 0 saturated heterocycles. The van der Waals surface area contributed by atoms with Crippen molar-refractivity contribution in [2.24, 2.45) is 0 Å². The lowest BCUT2D eigenvalue weighted by molar-refractivity contribution is 0.181. The van der Waals surface area contributed by atoms with E-state index in [1.54, 1.807) is 25.3 Å². The summed E-state index contributed by atoms with van der Waals surface area (Å²) in [5.74, 6) is 1.75. The van der Waals surface area contributed by atoms with Crippen molar-refractivity contribution in [3.8, 4) is 22.9 Å². The van der Waals surface area contributed by atoms with E-state index in [0.717, 1.165) is 20.6 Å². The first-order valence-electron chi connectivity index (χ1n) is 6.21. The van der Waals surface area contributed by atoms with Gasteiger partial charge in [-0.25, -0.2) is 9.97 Å². The third-order valence-electron chi connectivity index (χ3n) is 2.88. The van der Waals surface area contributed by atoms with E-state index in [0.29, 0.717) is 18.2 Å². The summed E-state index contributed by atoms with van der Waals surface area (Å²) in [6, 6.07) is 5.01. The summed E-state index contributed by atoms with van der Waals surface area (Å²) in [4.78, 5) is 9.01. The predicted molar refractivity (Wildman–Crippen MR) is 88.7 cm³/mol. The molecule has 112 valence electrons. The lowest BCUT2D eigenvalue weighted by Gasteiger charge is -2.11. The molecule has 1 aromatic heterocycles. The third-order valence-corrected chi connectivity index (χ3v) is 4.01. The normalized spacial score (nSPS) is 10.5. The van der Waals surface area contributed by atoms with Gasteiger partial charge in [-0.15, -0.1) is 0 Å². The largest absolute Gasteiger partial charge is 0.504 e. The molecule has 0 aliphatic carbocycles. The highest BCUT2D eigenvalue weighted by molar-refractivity contribution is 14.1. The Labute approximate surface area is 136 Å². The van der Waals surface area contributed by atoms with Crippen LogP contribution in [0.4, 0.5) is 5.82 Å². The molecule has 21 heavy (non-hydrogen) atoms. The minimum atomic E-state index is 0.0812. The van der Waals surface area contributed by atoms with Crippen molar-refractivity contribution in [1.29, 1.82) is 0 Å². The lowest BCUT2D eigenvalue weighted by Crippen LogP contribution is -2.06. The van der Waals surface area contributed by atoms with Crippen LogP contribution < -0.4 is 10.1 Å². The Morgan fingerprint density at radius 3 is 2.67 bits per heavy atom. The number of aromatic hydroxyl groups is 1. The van der Waals surface area contributed by atoms with E-state index in [4.69, 9.17) is 9.47 Å². The fourth-order valence-electron chi connectivity index (χ4n) is 1.84. The van der Waals surface area contributed by atoms with E-state index in [9.17, 15) is 5.11 Å². The van der Waals surface area contributed by atoms with Crippen LogP contribution in [0.2, 0.25) is 0 Å². The zero-order valence-electron chi connectivity index (χ0n) is 12.0. The first-order chi connectivity index (χ1) is 10.1. The van der Waals surface area contributed by atoms with Gasteiger partial charge in [-0.3, -0.25) is 0 Å².